The van der Waals surface area contributed by atoms with E-state index in [0.29, 0.717) is 30.9 Å². The molecule has 6 nitrogen and oxygen atoms in total. The minimum atomic E-state index is -0.181. The Bertz CT molecular complexity index is 850. The van der Waals surface area contributed by atoms with Gasteiger partial charge in [-0.1, -0.05) is 44.7 Å². The second kappa shape index (κ2) is 14.1. The largest absolute Gasteiger partial charge is 0.494 e. The van der Waals surface area contributed by atoms with E-state index in [0.717, 1.165) is 17.9 Å². The minimum absolute atomic E-state index is 0.0357. The molecule has 32 heavy (non-hydrogen) atoms. The van der Waals surface area contributed by atoms with Gasteiger partial charge >= 0.3 is 0 Å². The molecule has 0 radical (unpaired) electrons. The molecule has 0 fully saturated rings. The zero-order valence-electron chi connectivity index (χ0n) is 19.7. The van der Waals surface area contributed by atoms with Crippen molar-refractivity contribution in [3.63, 3.8) is 0 Å². The van der Waals surface area contributed by atoms with Crippen LogP contribution in [0.3, 0.4) is 0 Å². The molecule has 0 aliphatic heterocycles. The van der Waals surface area contributed by atoms with Crippen molar-refractivity contribution >= 4 is 23.2 Å². The van der Waals surface area contributed by atoms with Crippen LogP contribution >= 0.6 is 0 Å². The summed E-state index contributed by atoms with van der Waals surface area (Å²) in [7, 11) is 0. The SMILES string of the molecule is CCCCCCCOc1cccc(NCC(=O)Nc2cccc(C(=O)N(CC)CC)c2)c1. The molecule has 0 aliphatic rings. The molecule has 0 unspecified atom stereocenters. The van der Waals surface area contributed by atoms with E-state index in [1.807, 2.05) is 38.1 Å². The molecule has 0 aromatic heterocycles. The predicted molar refractivity (Wildman–Crippen MR) is 132 cm³/mol. The van der Waals surface area contributed by atoms with Crippen LogP contribution in [0.15, 0.2) is 48.5 Å². The Morgan fingerprint density at radius 2 is 1.59 bits per heavy atom. The average Bonchev–Trinajstić information content (AvgIpc) is 2.81. The van der Waals surface area contributed by atoms with Crippen molar-refractivity contribution in [3.8, 4) is 5.75 Å². The van der Waals surface area contributed by atoms with Crippen molar-refractivity contribution < 1.29 is 14.3 Å². The molecule has 2 aromatic rings. The molecule has 2 aromatic carbocycles. The van der Waals surface area contributed by atoms with Crippen molar-refractivity contribution in [2.24, 2.45) is 0 Å². The summed E-state index contributed by atoms with van der Waals surface area (Å²) >= 11 is 0. The number of carbonyl (C=O) groups excluding carboxylic acids is 2. The van der Waals surface area contributed by atoms with Crippen molar-refractivity contribution in [3.05, 3.63) is 54.1 Å². The topological polar surface area (TPSA) is 70.7 Å². The third kappa shape index (κ3) is 8.61. The van der Waals surface area contributed by atoms with Crippen molar-refractivity contribution in [2.45, 2.75) is 52.9 Å². The predicted octanol–water partition coefficient (Wildman–Crippen LogP) is 5.57. The molecule has 0 saturated carbocycles. The molecule has 2 rings (SSSR count). The minimum Gasteiger partial charge on any atom is -0.494 e. The number of hydrogen-bond donors (Lipinski definition) is 2. The first-order valence-electron chi connectivity index (χ1n) is 11.7. The van der Waals surface area contributed by atoms with E-state index >= 15 is 0 Å². The number of amides is 2. The van der Waals surface area contributed by atoms with E-state index in [-0.39, 0.29) is 18.4 Å². The molecular formula is C26H37N3O3. The first kappa shape index (κ1) is 25.2. The van der Waals surface area contributed by atoms with Gasteiger partial charge in [0.05, 0.1) is 13.2 Å². The van der Waals surface area contributed by atoms with Gasteiger partial charge in [-0.05, 0) is 50.6 Å². The first-order chi connectivity index (χ1) is 15.6. The van der Waals surface area contributed by atoms with Crippen molar-refractivity contribution in [1.29, 1.82) is 0 Å². The van der Waals surface area contributed by atoms with Crippen LogP contribution in [-0.4, -0.2) is 43.0 Å². The Morgan fingerprint density at radius 3 is 2.34 bits per heavy atom. The Morgan fingerprint density at radius 1 is 0.875 bits per heavy atom. The number of nitrogens with one attached hydrogen (secondary N) is 2. The average molecular weight is 440 g/mol. The Labute approximate surface area is 192 Å². The van der Waals surface area contributed by atoms with Gasteiger partial charge in [0.15, 0.2) is 0 Å². The summed E-state index contributed by atoms with van der Waals surface area (Å²) in [4.78, 5) is 26.7. The molecule has 2 amide bonds. The quantitative estimate of drug-likeness (QED) is 0.378. The molecule has 0 spiro atoms. The van der Waals surface area contributed by atoms with Gasteiger partial charge in [0.25, 0.3) is 5.91 Å². The number of carbonyl (C=O) groups is 2. The fraction of sp³-hybridized carbons (Fsp3) is 0.462. The Balaban J connectivity index is 1.82. The smallest absolute Gasteiger partial charge is 0.253 e. The van der Waals surface area contributed by atoms with E-state index < -0.39 is 0 Å². The summed E-state index contributed by atoms with van der Waals surface area (Å²) < 4.78 is 5.83. The van der Waals surface area contributed by atoms with Crippen molar-refractivity contribution in [2.75, 3.05) is 36.9 Å². The molecule has 174 valence electrons. The molecule has 2 N–H and O–H groups in total. The number of rotatable bonds is 14. The fourth-order valence-corrected chi connectivity index (χ4v) is 3.40. The third-order valence-electron chi connectivity index (χ3n) is 5.25. The van der Waals surface area contributed by atoms with Gasteiger partial charge in [-0.15, -0.1) is 0 Å². The molecular weight excluding hydrogens is 402 g/mol. The summed E-state index contributed by atoms with van der Waals surface area (Å²) in [5.41, 5.74) is 2.00. The summed E-state index contributed by atoms with van der Waals surface area (Å²) in [5, 5.41) is 5.98. The van der Waals surface area contributed by atoms with Gasteiger partial charge in [0.1, 0.15) is 5.75 Å². The van der Waals surface area contributed by atoms with Gasteiger partial charge in [-0.3, -0.25) is 9.59 Å². The van der Waals surface area contributed by atoms with Crippen LogP contribution in [0.1, 0.15) is 63.2 Å². The molecule has 0 atom stereocenters. The van der Waals surface area contributed by atoms with Crippen LogP contribution in [0, 0.1) is 0 Å². The van der Waals surface area contributed by atoms with Crippen molar-refractivity contribution in [1.82, 2.24) is 4.90 Å². The van der Waals surface area contributed by atoms with Crippen LogP contribution < -0.4 is 15.4 Å². The van der Waals surface area contributed by atoms with E-state index in [1.165, 1.54) is 25.7 Å². The zero-order valence-corrected chi connectivity index (χ0v) is 19.7. The van der Waals surface area contributed by atoms with Gasteiger partial charge in [-0.25, -0.2) is 0 Å². The van der Waals surface area contributed by atoms with E-state index in [2.05, 4.69) is 17.6 Å². The van der Waals surface area contributed by atoms with Crippen LogP contribution in [0.5, 0.6) is 5.75 Å². The molecule has 0 aliphatic carbocycles. The normalized spacial score (nSPS) is 10.5. The number of anilines is 2. The first-order valence-corrected chi connectivity index (χ1v) is 11.7. The molecule has 0 bridgehead atoms. The third-order valence-corrected chi connectivity index (χ3v) is 5.25. The molecule has 0 saturated heterocycles. The Hall–Kier alpha value is -3.02. The maximum Gasteiger partial charge on any atom is 0.253 e. The lowest BCUT2D eigenvalue weighted by Crippen LogP contribution is -2.30. The zero-order chi connectivity index (χ0) is 23.2. The lowest BCUT2D eigenvalue weighted by molar-refractivity contribution is -0.114. The highest BCUT2D eigenvalue weighted by molar-refractivity contribution is 5.98. The van der Waals surface area contributed by atoms with Gasteiger partial charge in [0, 0.05) is 36.1 Å². The van der Waals surface area contributed by atoms with Gasteiger partial charge in [0.2, 0.25) is 5.91 Å². The summed E-state index contributed by atoms with van der Waals surface area (Å²) in [6.07, 6.45) is 6.01. The molecule has 6 heteroatoms. The number of unbranched alkanes of at least 4 members (excludes halogenated alkanes) is 4. The maximum absolute atomic E-state index is 12.5. The lowest BCUT2D eigenvalue weighted by atomic mass is 10.1. The molecule has 0 heterocycles. The van der Waals surface area contributed by atoms with Gasteiger partial charge in [-0.2, -0.15) is 0 Å². The van der Waals surface area contributed by atoms with Gasteiger partial charge < -0.3 is 20.3 Å². The summed E-state index contributed by atoms with van der Waals surface area (Å²) in [6, 6.07) is 14.7. The monoisotopic (exact) mass is 439 g/mol. The fourth-order valence-electron chi connectivity index (χ4n) is 3.40. The van der Waals surface area contributed by atoms with Crippen LogP contribution in [-0.2, 0) is 4.79 Å². The standard InChI is InChI=1S/C26H37N3O3/c1-4-7-8-9-10-17-32-24-16-12-14-22(19-24)27-20-25(30)28-23-15-11-13-21(18-23)26(31)29(5-2)6-3/h11-16,18-19,27H,4-10,17,20H2,1-3H3,(H,28,30). The number of nitrogens with zero attached hydrogens (tertiary/aromatic N) is 1. The highest BCUT2D eigenvalue weighted by Crippen LogP contribution is 2.18. The van der Waals surface area contributed by atoms with Crippen LogP contribution in [0.25, 0.3) is 0 Å². The highest BCUT2D eigenvalue weighted by atomic mass is 16.5. The number of ether oxygens (including phenoxy) is 1. The lowest BCUT2D eigenvalue weighted by Gasteiger charge is -2.19. The van der Waals surface area contributed by atoms with E-state index in [4.69, 9.17) is 4.74 Å². The highest BCUT2D eigenvalue weighted by Gasteiger charge is 2.13. The summed E-state index contributed by atoms with van der Waals surface area (Å²) in [5.74, 6) is 0.583. The Kier molecular flexibility index (Phi) is 11.1. The van der Waals surface area contributed by atoms with Crippen LogP contribution in [0.4, 0.5) is 11.4 Å². The second-order valence-electron chi connectivity index (χ2n) is 7.75. The second-order valence-corrected chi connectivity index (χ2v) is 7.75. The van der Waals surface area contributed by atoms with E-state index in [1.54, 1.807) is 29.2 Å². The summed E-state index contributed by atoms with van der Waals surface area (Å²) in [6.45, 7) is 8.24. The maximum atomic E-state index is 12.5. The van der Waals surface area contributed by atoms with Crippen LogP contribution in [0.2, 0.25) is 0 Å². The number of hydrogen-bond acceptors (Lipinski definition) is 4. The van der Waals surface area contributed by atoms with E-state index in [9.17, 15) is 9.59 Å². The number of benzene rings is 2.